The third-order valence-corrected chi connectivity index (χ3v) is 0.810. The number of rotatable bonds is 4. The summed E-state index contributed by atoms with van der Waals surface area (Å²) in [6.07, 6.45) is 0. The van der Waals surface area contributed by atoms with Gasteiger partial charge in [-0.2, -0.15) is 0 Å². The highest BCUT2D eigenvalue weighted by Crippen LogP contribution is 2.06. The molecule has 0 aliphatic heterocycles. The lowest BCUT2D eigenvalue weighted by atomic mass is 10.2. The van der Waals surface area contributed by atoms with Crippen molar-refractivity contribution >= 4 is 6.47 Å². The molecule has 0 aliphatic carbocycles. The molecular formula is C6H11O3. The van der Waals surface area contributed by atoms with Crippen molar-refractivity contribution in [2.45, 2.75) is 19.4 Å². The summed E-state index contributed by atoms with van der Waals surface area (Å²) in [5.74, 6) is 0. The second kappa shape index (κ2) is 3.45. The van der Waals surface area contributed by atoms with E-state index in [1.54, 1.807) is 21.0 Å². The minimum absolute atomic E-state index is 0.391. The van der Waals surface area contributed by atoms with Crippen LogP contribution in [0.5, 0.6) is 0 Å². The Balaban J connectivity index is 3.55. The fraction of sp³-hybridized carbons (Fsp3) is 0.833. The first-order chi connectivity index (χ1) is 4.12. The van der Waals surface area contributed by atoms with Crippen LogP contribution in [0.4, 0.5) is 0 Å². The summed E-state index contributed by atoms with van der Waals surface area (Å²) in [4.78, 5) is 9.69. The molecule has 3 nitrogen and oxygen atoms in total. The molecule has 0 heterocycles. The van der Waals surface area contributed by atoms with Crippen molar-refractivity contribution in [3.8, 4) is 0 Å². The van der Waals surface area contributed by atoms with Gasteiger partial charge < -0.3 is 9.47 Å². The van der Waals surface area contributed by atoms with E-state index in [0.29, 0.717) is 6.61 Å². The Kier molecular flexibility index (Phi) is 3.24. The quantitative estimate of drug-likeness (QED) is 0.557. The van der Waals surface area contributed by atoms with Crippen LogP contribution in [0.3, 0.4) is 0 Å². The Morgan fingerprint density at radius 2 is 2.11 bits per heavy atom. The summed E-state index contributed by atoms with van der Waals surface area (Å²) in [5.41, 5.74) is -0.545. The predicted octanol–water partition coefficient (Wildman–Crippen LogP) is 0.495. The van der Waals surface area contributed by atoms with Gasteiger partial charge in [0.05, 0.1) is 6.61 Å². The lowest BCUT2D eigenvalue weighted by Crippen LogP contribution is -2.29. The van der Waals surface area contributed by atoms with Crippen molar-refractivity contribution in [1.82, 2.24) is 0 Å². The molecule has 0 saturated heterocycles. The summed E-state index contributed by atoms with van der Waals surface area (Å²) in [6, 6.07) is 0. The highest BCUT2D eigenvalue weighted by atomic mass is 16.6. The maximum absolute atomic E-state index is 9.69. The van der Waals surface area contributed by atoms with Crippen molar-refractivity contribution in [3.63, 3.8) is 0 Å². The largest absolute Gasteiger partial charge is 0.449 e. The smallest absolute Gasteiger partial charge is 0.418 e. The topological polar surface area (TPSA) is 35.5 Å². The zero-order valence-corrected chi connectivity index (χ0v) is 5.93. The van der Waals surface area contributed by atoms with Gasteiger partial charge in [-0.3, -0.25) is 0 Å². The standard InChI is InChI=1S/C6H11O3/c1-6(2,4-8-3)9-5-7/h4H2,1-3H3. The highest BCUT2D eigenvalue weighted by Gasteiger charge is 2.17. The summed E-state index contributed by atoms with van der Waals surface area (Å²) in [5, 5.41) is 0. The summed E-state index contributed by atoms with van der Waals surface area (Å²) >= 11 is 0. The van der Waals surface area contributed by atoms with Gasteiger partial charge in [-0.05, 0) is 13.8 Å². The van der Waals surface area contributed by atoms with Crippen LogP contribution in [0.2, 0.25) is 0 Å². The van der Waals surface area contributed by atoms with E-state index in [0.717, 1.165) is 0 Å². The fourth-order valence-electron chi connectivity index (χ4n) is 0.490. The molecule has 0 aromatic rings. The van der Waals surface area contributed by atoms with E-state index in [1.165, 1.54) is 6.47 Å². The highest BCUT2D eigenvalue weighted by molar-refractivity contribution is 5.39. The number of hydrogen-bond acceptors (Lipinski definition) is 3. The Morgan fingerprint density at radius 1 is 1.56 bits per heavy atom. The minimum atomic E-state index is -0.545. The SMILES string of the molecule is COCC(C)(C)O[C]=O. The first kappa shape index (κ1) is 8.43. The monoisotopic (exact) mass is 131 g/mol. The van der Waals surface area contributed by atoms with Crippen molar-refractivity contribution in [1.29, 1.82) is 0 Å². The van der Waals surface area contributed by atoms with Crippen LogP contribution in [0.15, 0.2) is 0 Å². The van der Waals surface area contributed by atoms with Crippen LogP contribution in [-0.2, 0) is 14.3 Å². The van der Waals surface area contributed by atoms with E-state index in [1.807, 2.05) is 0 Å². The van der Waals surface area contributed by atoms with E-state index in [2.05, 4.69) is 4.74 Å². The van der Waals surface area contributed by atoms with Crippen LogP contribution in [0, 0.1) is 0 Å². The van der Waals surface area contributed by atoms with Crippen LogP contribution in [0.25, 0.3) is 0 Å². The number of methoxy groups -OCH3 is 1. The summed E-state index contributed by atoms with van der Waals surface area (Å²) < 4.78 is 9.29. The van der Waals surface area contributed by atoms with Crippen LogP contribution in [0.1, 0.15) is 13.8 Å². The molecule has 0 rings (SSSR count). The van der Waals surface area contributed by atoms with Crippen molar-refractivity contribution in [2.75, 3.05) is 13.7 Å². The molecule has 0 aromatic heterocycles. The number of hydrogen-bond donors (Lipinski definition) is 0. The zero-order valence-electron chi connectivity index (χ0n) is 5.93. The molecule has 0 N–H and O–H groups in total. The fourth-order valence-corrected chi connectivity index (χ4v) is 0.490. The van der Waals surface area contributed by atoms with Gasteiger partial charge in [0.2, 0.25) is 0 Å². The van der Waals surface area contributed by atoms with Gasteiger partial charge in [0.25, 0.3) is 0 Å². The molecule has 0 aromatic carbocycles. The average Bonchev–Trinajstić information content (AvgIpc) is 1.64. The summed E-state index contributed by atoms with van der Waals surface area (Å²) in [7, 11) is 1.55. The van der Waals surface area contributed by atoms with Gasteiger partial charge in [0, 0.05) is 7.11 Å². The van der Waals surface area contributed by atoms with Crippen molar-refractivity contribution < 1.29 is 14.3 Å². The van der Waals surface area contributed by atoms with E-state index in [9.17, 15) is 4.79 Å². The molecule has 0 bridgehead atoms. The molecular weight excluding hydrogens is 120 g/mol. The normalized spacial score (nSPS) is 11.0. The van der Waals surface area contributed by atoms with Crippen LogP contribution in [-0.4, -0.2) is 25.8 Å². The van der Waals surface area contributed by atoms with Gasteiger partial charge in [0.1, 0.15) is 5.60 Å². The Labute approximate surface area is 55.0 Å². The average molecular weight is 131 g/mol. The Morgan fingerprint density at radius 3 is 2.44 bits per heavy atom. The third kappa shape index (κ3) is 3.97. The van der Waals surface area contributed by atoms with E-state index in [4.69, 9.17) is 4.74 Å². The minimum Gasteiger partial charge on any atom is -0.449 e. The van der Waals surface area contributed by atoms with E-state index >= 15 is 0 Å². The lowest BCUT2D eigenvalue weighted by molar-refractivity contribution is 0.00675. The van der Waals surface area contributed by atoms with Crippen LogP contribution >= 0.6 is 0 Å². The molecule has 9 heavy (non-hydrogen) atoms. The molecule has 0 unspecified atom stereocenters. The van der Waals surface area contributed by atoms with Gasteiger partial charge in [-0.1, -0.05) is 0 Å². The molecule has 3 heteroatoms. The lowest BCUT2D eigenvalue weighted by Gasteiger charge is -2.19. The van der Waals surface area contributed by atoms with E-state index in [-0.39, 0.29) is 0 Å². The molecule has 0 fully saturated rings. The molecule has 0 saturated carbocycles. The summed E-state index contributed by atoms with van der Waals surface area (Å²) in [6.45, 7) is 5.26. The molecule has 1 radical (unpaired) electrons. The van der Waals surface area contributed by atoms with Crippen molar-refractivity contribution in [2.24, 2.45) is 0 Å². The first-order valence-corrected chi connectivity index (χ1v) is 2.66. The third-order valence-electron chi connectivity index (χ3n) is 0.810. The zero-order chi connectivity index (χ0) is 7.33. The molecule has 0 atom stereocenters. The number of ether oxygens (including phenoxy) is 2. The van der Waals surface area contributed by atoms with Gasteiger partial charge in [0.15, 0.2) is 0 Å². The molecule has 0 spiro atoms. The second-order valence-corrected chi connectivity index (χ2v) is 2.38. The van der Waals surface area contributed by atoms with Crippen molar-refractivity contribution in [3.05, 3.63) is 0 Å². The molecule has 0 amide bonds. The predicted molar refractivity (Wildman–Crippen MR) is 32.7 cm³/mol. The number of carbonyl (C=O) groups excluding carboxylic acids is 1. The maximum atomic E-state index is 9.69. The maximum Gasteiger partial charge on any atom is 0.418 e. The van der Waals surface area contributed by atoms with Gasteiger partial charge in [-0.25, -0.2) is 4.79 Å². The Bertz CT molecular complexity index is 88.3. The van der Waals surface area contributed by atoms with Gasteiger partial charge in [-0.15, -0.1) is 0 Å². The van der Waals surface area contributed by atoms with E-state index < -0.39 is 5.60 Å². The Hall–Kier alpha value is -0.570. The molecule has 0 aliphatic rings. The van der Waals surface area contributed by atoms with Gasteiger partial charge >= 0.3 is 6.47 Å². The second-order valence-electron chi connectivity index (χ2n) is 2.38. The first-order valence-electron chi connectivity index (χ1n) is 2.66. The van der Waals surface area contributed by atoms with Crippen LogP contribution < -0.4 is 0 Å². The molecule has 53 valence electrons.